The third-order valence-electron chi connectivity index (χ3n) is 10.4. The van der Waals surface area contributed by atoms with Gasteiger partial charge in [-0.3, -0.25) is 23.1 Å². The van der Waals surface area contributed by atoms with Crippen molar-refractivity contribution in [2.75, 3.05) is 85.4 Å². The number of nitrogens with zero attached hydrogens (tertiary/aromatic N) is 8. The van der Waals surface area contributed by atoms with Crippen molar-refractivity contribution < 1.29 is 44.6 Å². The van der Waals surface area contributed by atoms with Gasteiger partial charge in [0, 0.05) is 66.4 Å². The van der Waals surface area contributed by atoms with Crippen LogP contribution < -0.4 is 40.5 Å². The van der Waals surface area contributed by atoms with Crippen molar-refractivity contribution in [1.29, 1.82) is 0 Å². The van der Waals surface area contributed by atoms with Crippen LogP contribution in [-0.2, 0) is 19.9 Å². The average Bonchev–Trinajstić information content (AvgIpc) is 3.35. The van der Waals surface area contributed by atoms with Gasteiger partial charge in [0.15, 0.2) is 9.84 Å². The van der Waals surface area contributed by atoms with Crippen molar-refractivity contribution in [3.63, 3.8) is 0 Å². The van der Waals surface area contributed by atoms with Gasteiger partial charge in [-0.1, -0.05) is 23.2 Å². The number of aromatic nitrogens is 6. The zero-order valence-electron chi connectivity index (χ0n) is 41.3. The minimum Gasteiger partial charge on any atom is -0.485 e. The first-order valence-electron chi connectivity index (χ1n) is 22.0. The van der Waals surface area contributed by atoms with Gasteiger partial charge in [0.25, 0.3) is 21.1 Å². The lowest BCUT2D eigenvalue weighted by molar-refractivity contribution is 0.257. The second-order valence-electron chi connectivity index (χ2n) is 16.6. The Hall–Kier alpha value is -7.48. The van der Waals surface area contributed by atoms with Crippen LogP contribution in [0, 0.1) is 11.6 Å². The fraction of sp³-hybridized carbons (Fsp3) is 0.224. The summed E-state index contributed by atoms with van der Waals surface area (Å²) in [6.45, 7) is 2.06. The SMILES string of the molecule is COc1ncc(-c2ccc3ncc(OCCN(C)C)c(=O)n3c2)cc1N.COc1ncc(-c2ccc3ncc(OCCN(C)C)c(=O)n3c2)cc1NS(=O)(=O)c1ccc(F)cc1Cl.CS(=O)(=O)c1ccc(F)cc1Cl. The molecule has 26 heteroatoms. The molecule has 0 aliphatic rings. The van der Waals surface area contributed by atoms with Crippen LogP contribution >= 0.6 is 23.2 Å². The topological polar surface area (TPSA) is 244 Å². The molecule has 0 atom stereocenters. The van der Waals surface area contributed by atoms with E-state index in [9.17, 15) is 35.2 Å². The molecule has 0 saturated heterocycles. The van der Waals surface area contributed by atoms with E-state index in [4.69, 9.17) is 47.9 Å². The number of pyridine rings is 4. The minimum atomic E-state index is -4.21. The van der Waals surface area contributed by atoms with Gasteiger partial charge >= 0.3 is 0 Å². The lowest BCUT2D eigenvalue weighted by atomic mass is 10.1. The van der Waals surface area contributed by atoms with E-state index in [1.807, 2.05) is 44.1 Å². The number of sulfonamides is 1. The van der Waals surface area contributed by atoms with Crippen LogP contribution in [-0.4, -0.2) is 130 Å². The number of ether oxygens (including phenoxy) is 4. The van der Waals surface area contributed by atoms with Crippen molar-refractivity contribution in [2.45, 2.75) is 9.79 Å². The van der Waals surface area contributed by atoms with Crippen molar-refractivity contribution in [1.82, 2.24) is 38.5 Å². The van der Waals surface area contributed by atoms with Crippen LogP contribution in [0.15, 0.2) is 129 Å². The van der Waals surface area contributed by atoms with Gasteiger partial charge < -0.3 is 34.5 Å². The number of nitrogens with two attached hydrogens (primary N) is 1. The summed E-state index contributed by atoms with van der Waals surface area (Å²) in [5.41, 5.74) is 9.26. The fourth-order valence-corrected chi connectivity index (χ4v) is 9.54. The molecule has 6 heterocycles. The number of halogens is 4. The summed E-state index contributed by atoms with van der Waals surface area (Å²) in [6.07, 6.45) is 10.2. The predicted molar refractivity (Wildman–Crippen MR) is 282 cm³/mol. The molecule has 8 rings (SSSR count). The van der Waals surface area contributed by atoms with Gasteiger partial charge in [-0.2, -0.15) is 0 Å². The van der Waals surface area contributed by atoms with E-state index < -0.39 is 31.5 Å². The summed E-state index contributed by atoms with van der Waals surface area (Å²) in [4.78, 5) is 46.1. The highest BCUT2D eigenvalue weighted by molar-refractivity contribution is 7.92. The molecule has 0 amide bonds. The number of nitrogen functional groups attached to an aromatic ring is 1. The molecule has 0 saturated carbocycles. The quantitative estimate of drug-likeness (QED) is 0.0985. The summed E-state index contributed by atoms with van der Waals surface area (Å²) in [6, 6.07) is 16.4. The van der Waals surface area contributed by atoms with Crippen molar-refractivity contribution in [2.24, 2.45) is 0 Å². The molecule has 8 aromatic rings. The first-order chi connectivity index (χ1) is 35.5. The summed E-state index contributed by atoms with van der Waals surface area (Å²) in [7, 11) is 2.96. The number of rotatable bonds is 16. The number of hydrogen-bond acceptors (Lipinski definition) is 17. The third kappa shape index (κ3) is 14.6. The number of anilines is 2. The van der Waals surface area contributed by atoms with Crippen molar-refractivity contribution in [3.05, 3.63) is 152 Å². The monoisotopic (exact) mass is 1110 g/mol. The number of nitrogens with one attached hydrogen (secondary N) is 1. The lowest BCUT2D eigenvalue weighted by Gasteiger charge is -2.14. The predicted octanol–water partition coefficient (Wildman–Crippen LogP) is 6.47. The van der Waals surface area contributed by atoms with Crippen molar-refractivity contribution in [3.8, 4) is 45.5 Å². The van der Waals surface area contributed by atoms with Gasteiger partial charge in [-0.15, -0.1) is 0 Å². The maximum absolute atomic E-state index is 13.4. The molecule has 0 aliphatic carbocycles. The third-order valence-corrected chi connectivity index (χ3v) is 13.9. The molecule has 0 spiro atoms. The van der Waals surface area contributed by atoms with Gasteiger partial charge in [-0.25, -0.2) is 45.6 Å². The Morgan fingerprint density at radius 3 is 1.49 bits per heavy atom. The van der Waals surface area contributed by atoms with Crippen LogP contribution in [0.4, 0.5) is 20.2 Å². The van der Waals surface area contributed by atoms with Crippen LogP contribution in [0.25, 0.3) is 33.5 Å². The summed E-state index contributed by atoms with van der Waals surface area (Å²) < 4.78 is 100. The Balaban J connectivity index is 0.000000207. The molecular weight excluding hydrogens is 1060 g/mol. The van der Waals surface area contributed by atoms with Crippen LogP contribution in [0.2, 0.25) is 10.0 Å². The summed E-state index contributed by atoms with van der Waals surface area (Å²) in [5, 5.41) is -0.363. The fourth-order valence-electron chi connectivity index (χ4n) is 6.65. The van der Waals surface area contributed by atoms with Crippen LogP contribution in [0.1, 0.15) is 0 Å². The molecule has 6 aromatic heterocycles. The Bertz CT molecular complexity index is 3720. The number of hydrogen-bond donors (Lipinski definition) is 2. The number of sulfone groups is 1. The highest BCUT2D eigenvalue weighted by Crippen LogP contribution is 2.32. The Labute approximate surface area is 439 Å². The molecular formula is C49H50Cl2F2N10O10S2. The largest absolute Gasteiger partial charge is 0.485 e. The minimum absolute atomic E-state index is 0.00163. The summed E-state index contributed by atoms with van der Waals surface area (Å²) >= 11 is 11.4. The van der Waals surface area contributed by atoms with E-state index in [2.05, 4.69) is 24.7 Å². The number of benzene rings is 2. The number of fused-ring (bicyclic) bond motifs is 2. The Kier molecular flexibility index (Phi) is 18.7. The van der Waals surface area contributed by atoms with E-state index in [1.165, 1.54) is 47.7 Å². The molecule has 75 heavy (non-hydrogen) atoms. The average molecular weight is 1110 g/mol. The molecule has 20 nitrogen and oxygen atoms in total. The highest BCUT2D eigenvalue weighted by atomic mass is 35.5. The molecule has 0 bridgehead atoms. The maximum atomic E-state index is 13.4. The van der Waals surface area contributed by atoms with E-state index in [-0.39, 0.29) is 54.0 Å². The first-order valence-corrected chi connectivity index (χ1v) is 26.2. The van der Waals surface area contributed by atoms with Crippen molar-refractivity contribution >= 4 is 65.7 Å². The normalized spacial score (nSPS) is 11.4. The van der Waals surface area contributed by atoms with Crippen LogP contribution in [0.5, 0.6) is 23.3 Å². The van der Waals surface area contributed by atoms with Crippen LogP contribution in [0.3, 0.4) is 0 Å². The van der Waals surface area contributed by atoms with Gasteiger partial charge in [0.05, 0.1) is 47.2 Å². The number of likely N-dealkylation sites (N-methyl/N-ethyl adjacent to an activating group) is 2. The second-order valence-corrected chi connectivity index (χ2v) is 21.0. The second kappa shape index (κ2) is 24.7. The molecule has 0 unspecified atom stereocenters. The van der Waals surface area contributed by atoms with E-state index in [0.29, 0.717) is 60.3 Å². The molecule has 0 fully saturated rings. The molecule has 3 N–H and O–H groups in total. The Morgan fingerprint density at radius 1 is 0.613 bits per heavy atom. The lowest BCUT2D eigenvalue weighted by Crippen LogP contribution is -2.23. The highest BCUT2D eigenvalue weighted by Gasteiger charge is 2.22. The van der Waals surface area contributed by atoms with Gasteiger partial charge in [0.1, 0.15) is 46.7 Å². The molecule has 0 radical (unpaired) electrons. The van der Waals surface area contributed by atoms with E-state index in [0.717, 1.165) is 53.8 Å². The molecule has 396 valence electrons. The smallest absolute Gasteiger partial charge is 0.300 e. The van der Waals surface area contributed by atoms with Gasteiger partial charge in [-0.05, 0) is 101 Å². The zero-order valence-corrected chi connectivity index (χ0v) is 44.4. The molecule has 0 aliphatic heterocycles. The maximum Gasteiger partial charge on any atom is 0.300 e. The van der Waals surface area contributed by atoms with E-state index in [1.54, 1.807) is 42.9 Å². The standard InChI is InChI=1S/C24H23ClFN5O5S.C18H21N5O3.C7H6ClFO2S/c1-30(2)8-9-36-20-13-27-22-7-4-15(14-31(22)24(20)32)16-10-19(23(35-3)28-12-16)29-37(33,34)21-6-5-17(26)11-18(21)25;1-22(2)6-7-26-15-10-20-16-5-4-12(11-23(16)18(15)24)13-8-14(19)17(25-3)21-9-13;1-12(10,11)7-3-2-5(9)4-6(7)8/h4-7,10-14,29H,8-9H2,1-3H3;4-5,8-11H,6-7,19H2,1-3H3;2-4H,1H3. The summed E-state index contributed by atoms with van der Waals surface area (Å²) in [5.74, 6) is -0.528. The zero-order chi connectivity index (χ0) is 54.8. The molecule has 2 aromatic carbocycles. The van der Waals surface area contributed by atoms with E-state index >= 15 is 0 Å². The first kappa shape index (κ1) is 56.8. The van der Waals surface area contributed by atoms with Gasteiger partial charge in [0.2, 0.25) is 23.3 Å². The Morgan fingerprint density at radius 2 is 1.07 bits per heavy atom. The number of methoxy groups -OCH3 is 2.